The summed E-state index contributed by atoms with van der Waals surface area (Å²) >= 11 is 0. The van der Waals surface area contributed by atoms with E-state index in [0.717, 1.165) is 48.9 Å². The van der Waals surface area contributed by atoms with Gasteiger partial charge in [0.2, 0.25) is 11.9 Å². The molecule has 1 fully saturated rings. The fourth-order valence-corrected chi connectivity index (χ4v) is 5.84. The van der Waals surface area contributed by atoms with Crippen molar-refractivity contribution in [1.29, 1.82) is 0 Å². The van der Waals surface area contributed by atoms with E-state index in [4.69, 9.17) is 0 Å². The van der Waals surface area contributed by atoms with Gasteiger partial charge in [0.25, 0.3) is 0 Å². The van der Waals surface area contributed by atoms with Crippen LogP contribution in [0.2, 0.25) is 0 Å². The van der Waals surface area contributed by atoms with Crippen LogP contribution in [0.1, 0.15) is 18.9 Å². The van der Waals surface area contributed by atoms with E-state index in [0.29, 0.717) is 23.4 Å². The summed E-state index contributed by atoms with van der Waals surface area (Å²) in [6.45, 7) is 7.37. The molecule has 216 valence electrons. The Bertz CT molecular complexity index is 1700. The van der Waals surface area contributed by atoms with Gasteiger partial charge in [-0.2, -0.15) is 0 Å². The summed E-state index contributed by atoms with van der Waals surface area (Å²) in [4.78, 5) is 33.9. The van der Waals surface area contributed by atoms with Crippen LogP contribution in [0.3, 0.4) is 0 Å². The molecule has 0 spiro atoms. The molecule has 1 amide bonds. The van der Waals surface area contributed by atoms with E-state index in [2.05, 4.69) is 47.4 Å². The number of piperazine rings is 1. The maximum absolute atomic E-state index is 14.9. The summed E-state index contributed by atoms with van der Waals surface area (Å²) in [6, 6.07) is 5.66. The van der Waals surface area contributed by atoms with E-state index in [-0.39, 0.29) is 23.6 Å². The number of aromatic amines is 1. The Balaban J connectivity index is 1.43. The second-order valence-electron chi connectivity index (χ2n) is 10.3. The molecule has 41 heavy (non-hydrogen) atoms. The Labute approximate surface area is 238 Å². The molecule has 0 aliphatic carbocycles. The number of benzene rings is 1. The first kappa shape index (κ1) is 28.6. The first-order valence-electron chi connectivity index (χ1n) is 13.4. The van der Waals surface area contributed by atoms with Crippen LogP contribution in [0.5, 0.6) is 0 Å². The number of likely N-dealkylation sites (N-methyl/N-ethyl adjacent to an activating group) is 1. The average Bonchev–Trinajstić information content (AvgIpc) is 3.37. The number of aryl methyl sites for hydroxylation is 1. The quantitative estimate of drug-likeness (QED) is 0.286. The summed E-state index contributed by atoms with van der Waals surface area (Å²) in [5.74, 6) is -0.474. The van der Waals surface area contributed by atoms with Crippen molar-refractivity contribution < 1.29 is 17.6 Å². The van der Waals surface area contributed by atoms with Crippen molar-refractivity contribution in [3.05, 3.63) is 54.2 Å². The zero-order valence-electron chi connectivity index (χ0n) is 23.4. The van der Waals surface area contributed by atoms with Crippen LogP contribution >= 0.6 is 0 Å². The van der Waals surface area contributed by atoms with Crippen molar-refractivity contribution >= 4 is 44.1 Å². The van der Waals surface area contributed by atoms with Crippen molar-refractivity contribution in [3.8, 4) is 11.3 Å². The lowest BCUT2D eigenvalue weighted by atomic mass is 10.1. The molecule has 3 N–H and O–H groups in total. The number of anilines is 3. The minimum absolute atomic E-state index is 0.0540. The van der Waals surface area contributed by atoms with E-state index < -0.39 is 20.5 Å². The fraction of sp³-hybridized carbons (Fsp3) is 0.357. The number of halogens is 1. The molecular weight excluding hydrogens is 547 g/mol. The number of hydrogen-bond donors (Lipinski definition) is 3. The number of sulfone groups is 1. The second-order valence-corrected chi connectivity index (χ2v) is 12.3. The maximum Gasteiger partial charge on any atom is 0.242 e. The van der Waals surface area contributed by atoms with Gasteiger partial charge in [0.15, 0.2) is 21.5 Å². The second kappa shape index (κ2) is 11.5. The summed E-state index contributed by atoms with van der Waals surface area (Å²) in [6.07, 6.45) is 6.66. The topological polar surface area (TPSA) is 136 Å². The van der Waals surface area contributed by atoms with Gasteiger partial charge in [0.1, 0.15) is 4.90 Å². The zero-order chi connectivity index (χ0) is 29.3. The number of rotatable bonds is 8. The van der Waals surface area contributed by atoms with E-state index in [1.807, 2.05) is 19.9 Å². The SMILES string of the molecule is CC[C@@H](C(=O)Nc1nccc2c(-c3nc(Nc4cccc(S(C)(=O)=O)c4F)ncc3C)c[nH]c12)N1CCN(C)CC1. The highest BCUT2D eigenvalue weighted by atomic mass is 32.2. The molecular formula is C28H33FN8O3S. The van der Waals surface area contributed by atoms with Crippen molar-refractivity contribution in [3.63, 3.8) is 0 Å². The molecule has 0 bridgehead atoms. The van der Waals surface area contributed by atoms with Gasteiger partial charge >= 0.3 is 0 Å². The lowest BCUT2D eigenvalue weighted by Gasteiger charge is -2.36. The number of hydrogen-bond acceptors (Lipinski definition) is 9. The number of carbonyl (C=O) groups is 1. The molecule has 0 unspecified atom stereocenters. The van der Waals surface area contributed by atoms with Gasteiger partial charge in [-0.1, -0.05) is 13.0 Å². The van der Waals surface area contributed by atoms with Crippen LogP contribution in [0, 0.1) is 12.7 Å². The maximum atomic E-state index is 14.9. The lowest BCUT2D eigenvalue weighted by molar-refractivity contribution is -0.122. The molecule has 0 saturated carbocycles. The Kier molecular flexibility index (Phi) is 8.02. The first-order chi connectivity index (χ1) is 19.6. The molecule has 1 saturated heterocycles. The number of aromatic nitrogens is 4. The highest BCUT2D eigenvalue weighted by Crippen LogP contribution is 2.33. The van der Waals surface area contributed by atoms with Gasteiger partial charge in [-0.25, -0.2) is 27.8 Å². The number of carbonyl (C=O) groups excluding carboxylic acids is 1. The Morgan fingerprint density at radius 1 is 1.17 bits per heavy atom. The third kappa shape index (κ3) is 5.92. The van der Waals surface area contributed by atoms with Gasteiger partial charge < -0.3 is 20.5 Å². The molecule has 1 aliphatic rings. The average molecular weight is 581 g/mol. The zero-order valence-corrected chi connectivity index (χ0v) is 24.2. The monoisotopic (exact) mass is 580 g/mol. The summed E-state index contributed by atoms with van der Waals surface area (Å²) in [5, 5.41) is 6.62. The van der Waals surface area contributed by atoms with Gasteiger partial charge in [-0.05, 0) is 44.2 Å². The fourth-order valence-electron chi connectivity index (χ4n) is 5.08. The molecule has 1 aromatic carbocycles. The van der Waals surface area contributed by atoms with Crippen LogP contribution in [-0.4, -0.2) is 89.6 Å². The van der Waals surface area contributed by atoms with E-state index in [1.54, 1.807) is 18.6 Å². The summed E-state index contributed by atoms with van der Waals surface area (Å²) in [7, 11) is -1.67. The number of fused-ring (bicyclic) bond motifs is 1. The van der Waals surface area contributed by atoms with Crippen LogP contribution < -0.4 is 10.6 Å². The number of H-pyrrole nitrogens is 1. The Morgan fingerprint density at radius 3 is 2.63 bits per heavy atom. The van der Waals surface area contributed by atoms with Crippen LogP contribution in [0.25, 0.3) is 22.2 Å². The molecule has 11 nitrogen and oxygen atoms in total. The molecule has 13 heteroatoms. The minimum atomic E-state index is -3.75. The third-order valence-electron chi connectivity index (χ3n) is 7.35. The lowest BCUT2D eigenvalue weighted by Crippen LogP contribution is -2.52. The Hall–Kier alpha value is -3.94. The van der Waals surface area contributed by atoms with Crippen molar-refractivity contribution in [2.75, 3.05) is 50.1 Å². The molecule has 0 radical (unpaired) electrons. The minimum Gasteiger partial charge on any atom is -0.357 e. The van der Waals surface area contributed by atoms with Gasteiger partial charge in [0.05, 0.1) is 22.9 Å². The van der Waals surface area contributed by atoms with Gasteiger partial charge in [-0.15, -0.1) is 0 Å². The normalized spacial score (nSPS) is 15.6. The van der Waals surface area contributed by atoms with E-state index >= 15 is 0 Å². The summed E-state index contributed by atoms with van der Waals surface area (Å²) in [5.41, 5.74) is 2.70. The Morgan fingerprint density at radius 2 is 1.93 bits per heavy atom. The molecule has 3 aromatic heterocycles. The predicted molar refractivity (Wildman–Crippen MR) is 156 cm³/mol. The standard InChI is InChI=1S/C28H33FN8O3S/c1-5-21(37-13-11-36(3)12-14-37)27(38)35-26-25-18(9-10-30-26)19(16-31-25)24-17(2)15-32-28(34-24)33-20-7-6-8-22(23(20)29)41(4,39)40/h6-10,15-16,21,31H,5,11-14H2,1-4H3,(H,30,35,38)(H,32,33,34)/t21-/m0/s1. The molecule has 1 atom stereocenters. The predicted octanol–water partition coefficient (Wildman–Crippen LogP) is 3.58. The van der Waals surface area contributed by atoms with Gasteiger partial charge in [0, 0.05) is 62.0 Å². The highest BCUT2D eigenvalue weighted by Gasteiger charge is 2.28. The van der Waals surface area contributed by atoms with Crippen LogP contribution in [0.4, 0.5) is 21.8 Å². The summed E-state index contributed by atoms with van der Waals surface area (Å²) < 4.78 is 38.8. The number of nitrogens with zero attached hydrogens (tertiary/aromatic N) is 5. The van der Waals surface area contributed by atoms with Crippen LogP contribution in [-0.2, 0) is 14.6 Å². The number of amides is 1. The van der Waals surface area contributed by atoms with Crippen molar-refractivity contribution in [2.24, 2.45) is 0 Å². The van der Waals surface area contributed by atoms with Crippen molar-refractivity contribution in [1.82, 2.24) is 29.7 Å². The molecule has 4 aromatic rings. The van der Waals surface area contributed by atoms with E-state index in [1.165, 1.54) is 18.2 Å². The van der Waals surface area contributed by atoms with Crippen LogP contribution in [0.15, 0.2) is 47.8 Å². The van der Waals surface area contributed by atoms with Gasteiger partial charge in [-0.3, -0.25) is 9.69 Å². The molecule has 5 rings (SSSR count). The molecule has 4 heterocycles. The smallest absolute Gasteiger partial charge is 0.242 e. The first-order valence-corrected chi connectivity index (χ1v) is 15.2. The highest BCUT2D eigenvalue weighted by molar-refractivity contribution is 7.90. The van der Waals surface area contributed by atoms with E-state index in [9.17, 15) is 17.6 Å². The van der Waals surface area contributed by atoms with Crippen molar-refractivity contribution in [2.45, 2.75) is 31.2 Å². The number of nitrogens with one attached hydrogen (secondary N) is 3. The molecule has 1 aliphatic heterocycles. The third-order valence-corrected chi connectivity index (χ3v) is 8.46. The number of pyridine rings is 1. The largest absolute Gasteiger partial charge is 0.357 e.